The number of aromatic carboxylic acids is 1. The standard InChI is InChI=1S/C14H8BrClN2O2/c15-7-4-5-8(10(16)6-7)13-17-11-3-1-2-9(14(19)20)12(11)18-13/h1-6H,(H,17,18)(H,19,20). The Hall–Kier alpha value is -1.85. The molecule has 0 bridgehead atoms. The number of carbonyl (C=O) groups is 1. The molecule has 0 aliphatic rings. The lowest BCUT2D eigenvalue weighted by Gasteiger charge is -2.00. The van der Waals surface area contributed by atoms with Crippen molar-refractivity contribution in [2.75, 3.05) is 0 Å². The van der Waals surface area contributed by atoms with Gasteiger partial charge < -0.3 is 10.1 Å². The van der Waals surface area contributed by atoms with Gasteiger partial charge in [0.15, 0.2) is 0 Å². The molecule has 0 unspecified atom stereocenters. The highest BCUT2D eigenvalue weighted by atomic mass is 79.9. The highest BCUT2D eigenvalue weighted by Gasteiger charge is 2.14. The molecule has 0 atom stereocenters. The molecule has 0 spiro atoms. The Labute approximate surface area is 127 Å². The van der Waals surface area contributed by atoms with Crippen LogP contribution in [0.15, 0.2) is 40.9 Å². The number of para-hydroxylation sites is 1. The van der Waals surface area contributed by atoms with Crippen LogP contribution in [-0.4, -0.2) is 21.0 Å². The van der Waals surface area contributed by atoms with E-state index in [4.69, 9.17) is 16.7 Å². The Morgan fingerprint density at radius 2 is 2.10 bits per heavy atom. The summed E-state index contributed by atoms with van der Waals surface area (Å²) in [7, 11) is 0. The molecule has 3 rings (SSSR count). The number of halogens is 2. The normalized spacial score (nSPS) is 10.9. The Morgan fingerprint density at radius 3 is 2.80 bits per heavy atom. The maximum atomic E-state index is 11.2. The summed E-state index contributed by atoms with van der Waals surface area (Å²) in [5.41, 5.74) is 1.98. The second kappa shape index (κ2) is 4.92. The predicted octanol–water partition coefficient (Wildman–Crippen LogP) is 4.34. The van der Waals surface area contributed by atoms with Crippen LogP contribution >= 0.6 is 27.5 Å². The first-order chi connectivity index (χ1) is 9.56. The number of rotatable bonds is 2. The number of hydrogen-bond acceptors (Lipinski definition) is 2. The van der Waals surface area contributed by atoms with E-state index < -0.39 is 5.97 Å². The topological polar surface area (TPSA) is 66.0 Å². The second-order valence-electron chi connectivity index (χ2n) is 4.22. The predicted molar refractivity (Wildman–Crippen MR) is 81.2 cm³/mol. The maximum absolute atomic E-state index is 11.2. The molecule has 0 amide bonds. The van der Waals surface area contributed by atoms with Crippen molar-refractivity contribution in [1.29, 1.82) is 0 Å². The zero-order valence-electron chi connectivity index (χ0n) is 10.0. The lowest BCUT2D eigenvalue weighted by molar-refractivity contribution is 0.0699. The number of imidazole rings is 1. The minimum Gasteiger partial charge on any atom is -0.478 e. The van der Waals surface area contributed by atoms with E-state index in [2.05, 4.69) is 25.9 Å². The monoisotopic (exact) mass is 350 g/mol. The summed E-state index contributed by atoms with van der Waals surface area (Å²) in [5.74, 6) is -0.457. The first-order valence-electron chi connectivity index (χ1n) is 5.73. The lowest BCUT2D eigenvalue weighted by atomic mass is 10.2. The summed E-state index contributed by atoms with van der Waals surface area (Å²) in [6.45, 7) is 0. The summed E-state index contributed by atoms with van der Waals surface area (Å²) < 4.78 is 0.869. The molecule has 2 N–H and O–H groups in total. The average molecular weight is 352 g/mol. The van der Waals surface area contributed by atoms with E-state index in [9.17, 15) is 4.79 Å². The lowest BCUT2D eigenvalue weighted by Crippen LogP contribution is -1.96. The number of aromatic amines is 1. The van der Waals surface area contributed by atoms with E-state index in [1.807, 2.05) is 12.1 Å². The molecule has 0 fully saturated rings. The molecule has 4 nitrogen and oxygen atoms in total. The van der Waals surface area contributed by atoms with Crippen LogP contribution in [-0.2, 0) is 0 Å². The molecule has 0 radical (unpaired) electrons. The van der Waals surface area contributed by atoms with Crippen LogP contribution < -0.4 is 0 Å². The van der Waals surface area contributed by atoms with Crippen molar-refractivity contribution in [3.05, 3.63) is 51.5 Å². The molecule has 0 aliphatic carbocycles. The fraction of sp³-hybridized carbons (Fsp3) is 0. The maximum Gasteiger partial charge on any atom is 0.337 e. The van der Waals surface area contributed by atoms with Crippen LogP contribution in [0.5, 0.6) is 0 Å². The van der Waals surface area contributed by atoms with Crippen LogP contribution in [0.3, 0.4) is 0 Å². The number of carboxylic acids is 1. The Bertz CT molecular complexity index is 829. The van der Waals surface area contributed by atoms with Crippen molar-refractivity contribution < 1.29 is 9.90 Å². The molecular weight excluding hydrogens is 344 g/mol. The van der Waals surface area contributed by atoms with Crippen LogP contribution in [0.1, 0.15) is 10.4 Å². The van der Waals surface area contributed by atoms with E-state index in [0.717, 1.165) is 10.0 Å². The SMILES string of the molecule is O=C(O)c1cccc2[nH]c(-c3ccc(Br)cc3Cl)nc12. The minimum absolute atomic E-state index is 0.165. The number of carboxylic acid groups (broad SMARTS) is 1. The molecule has 6 heteroatoms. The van der Waals surface area contributed by atoms with Gasteiger partial charge in [-0.15, -0.1) is 0 Å². The fourth-order valence-corrected chi connectivity index (χ4v) is 2.78. The first kappa shape index (κ1) is 13.1. The van der Waals surface area contributed by atoms with Gasteiger partial charge in [0.05, 0.1) is 16.1 Å². The van der Waals surface area contributed by atoms with Crippen LogP contribution in [0, 0.1) is 0 Å². The third-order valence-corrected chi connectivity index (χ3v) is 3.74. The average Bonchev–Trinajstić information content (AvgIpc) is 2.81. The third-order valence-electron chi connectivity index (χ3n) is 2.93. The smallest absolute Gasteiger partial charge is 0.337 e. The van der Waals surface area contributed by atoms with Gasteiger partial charge in [0.2, 0.25) is 0 Å². The van der Waals surface area contributed by atoms with Crippen molar-refractivity contribution in [2.24, 2.45) is 0 Å². The van der Waals surface area contributed by atoms with Crippen LogP contribution in [0.2, 0.25) is 5.02 Å². The third kappa shape index (κ3) is 2.19. The van der Waals surface area contributed by atoms with E-state index >= 15 is 0 Å². The van der Waals surface area contributed by atoms with E-state index in [0.29, 0.717) is 21.9 Å². The quantitative estimate of drug-likeness (QED) is 0.721. The van der Waals surface area contributed by atoms with Gasteiger partial charge in [-0.1, -0.05) is 33.6 Å². The Kier molecular flexibility index (Phi) is 3.23. The fourth-order valence-electron chi connectivity index (χ4n) is 2.01. The highest BCUT2D eigenvalue weighted by molar-refractivity contribution is 9.10. The summed E-state index contributed by atoms with van der Waals surface area (Å²) in [4.78, 5) is 18.6. The zero-order chi connectivity index (χ0) is 14.3. The van der Waals surface area contributed by atoms with Gasteiger partial charge in [-0.25, -0.2) is 9.78 Å². The molecule has 0 saturated carbocycles. The van der Waals surface area contributed by atoms with Gasteiger partial charge in [-0.2, -0.15) is 0 Å². The second-order valence-corrected chi connectivity index (χ2v) is 5.54. The van der Waals surface area contributed by atoms with Crippen molar-refractivity contribution in [3.63, 3.8) is 0 Å². The number of fused-ring (bicyclic) bond motifs is 1. The summed E-state index contributed by atoms with van der Waals surface area (Å²) >= 11 is 9.53. The number of aromatic nitrogens is 2. The van der Waals surface area contributed by atoms with Gasteiger partial charge in [0, 0.05) is 10.0 Å². The van der Waals surface area contributed by atoms with Crippen molar-refractivity contribution in [2.45, 2.75) is 0 Å². The van der Waals surface area contributed by atoms with E-state index in [-0.39, 0.29) is 5.56 Å². The summed E-state index contributed by atoms with van der Waals surface area (Å²) in [5, 5.41) is 9.70. The summed E-state index contributed by atoms with van der Waals surface area (Å²) in [6, 6.07) is 10.4. The number of nitrogens with zero attached hydrogens (tertiary/aromatic N) is 1. The zero-order valence-corrected chi connectivity index (χ0v) is 12.4. The minimum atomic E-state index is -1.00. The van der Waals surface area contributed by atoms with Crippen molar-refractivity contribution in [3.8, 4) is 11.4 Å². The number of hydrogen-bond donors (Lipinski definition) is 2. The molecule has 0 saturated heterocycles. The largest absolute Gasteiger partial charge is 0.478 e. The van der Waals surface area contributed by atoms with Gasteiger partial charge in [0.1, 0.15) is 11.3 Å². The first-order valence-corrected chi connectivity index (χ1v) is 6.91. The Balaban J connectivity index is 2.23. The molecule has 20 heavy (non-hydrogen) atoms. The van der Waals surface area contributed by atoms with E-state index in [1.54, 1.807) is 18.2 Å². The molecule has 100 valence electrons. The van der Waals surface area contributed by atoms with Crippen molar-refractivity contribution in [1.82, 2.24) is 9.97 Å². The van der Waals surface area contributed by atoms with Gasteiger partial charge in [-0.3, -0.25) is 0 Å². The van der Waals surface area contributed by atoms with Crippen molar-refractivity contribution >= 4 is 44.5 Å². The number of benzene rings is 2. The number of H-pyrrole nitrogens is 1. The molecular formula is C14H8BrClN2O2. The van der Waals surface area contributed by atoms with Crippen LogP contribution in [0.4, 0.5) is 0 Å². The molecule has 0 aliphatic heterocycles. The summed E-state index contributed by atoms with van der Waals surface area (Å²) in [6.07, 6.45) is 0. The molecule has 1 aromatic heterocycles. The van der Waals surface area contributed by atoms with Gasteiger partial charge in [-0.05, 0) is 30.3 Å². The molecule has 2 aromatic carbocycles. The van der Waals surface area contributed by atoms with Crippen LogP contribution in [0.25, 0.3) is 22.4 Å². The van der Waals surface area contributed by atoms with Gasteiger partial charge >= 0.3 is 5.97 Å². The molecule has 3 aromatic rings. The molecule has 1 heterocycles. The number of nitrogens with one attached hydrogen (secondary N) is 1. The Morgan fingerprint density at radius 1 is 1.30 bits per heavy atom. The van der Waals surface area contributed by atoms with E-state index in [1.165, 1.54) is 6.07 Å². The van der Waals surface area contributed by atoms with Gasteiger partial charge in [0.25, 0.3) is 0 Å². The highest BCUT2D eigenvalue weighted by Crippen LogP contribution is 2.30.